The van der Waals surface area contributed by atoms with E-state index < -0.39 is 21.6 Å². The molecule has 44 heavy (non-hydrogen) atoms. The van der Waals surface area contributed by atoms with Gasteiger partial charge >= 0.3 is 0 Å². The number of carbonyl (C=O) groups excluding carboxylic acids is 2. The van der Waals surface area contributed by atoms with Crippen LogP contribution in [-0.2, 0) is 31.2 Å². The van der Waals surface area contributed by atoms with Crippen LogP contribution in [0.5, 0.6) is 0 Å². The van der Waals surface area contributed by atoms with E-state index in [2.05, 4.69) is 0 Å². The van der Waals surface area contributed by atoms with Crippen LogP contribution in [-0.4, -0.2) is 153 Å². The van der Waals surface area contributed by atoms with Gasteiger partial charge < -0.3 is 10.2 Å². The first-order chi connectivity index (χ1) is 21.5. The number of hydrogen-bond acceptors (Lipinski definition) is 18. The Hall–Kier alpha value is 3.76. The van der Waals surface area contributed by atoms with Gasteiger partial charge in [-0.1, -0.05) is 23.5 Å². The topological polar surface area (TPSA) is 109 Å². The van der Waals surface area contributed by atoms with Gasteiger partial charge in [0.15, 0.2) is 10.2 Å². The zero-order valence-corrected chi connectivity index (χ0v) is 36.2. The molecule has 20 heteroatoms. The molecule has 0 aromatic heterocycles. The first-order valence-corrected chi connectivity index (χ1v) is 30.0. The molecule has 2 unspecified atom stereocenters. The van der Waals surface area contributed by atoms with Crippen molar-refractivity contribution in [3.05, 3.63) is 0 Å². The number of aliphatic hydroxyl groups is 2. The van der Waals surface area contributed by atoms with Gasteiger partial charge in [-0.2, -0.15) is 70.6 Å². The second kappa shape index (κ2) is 39.5. The summed E-state index contributed by atoms with van der Waals surface area (Å²) < 4.78 is 24.1. The summed E-state index contributed by atoms with van der Waals surface area (Å²) in [6.07, 6.45) is 0. The lowest BCUT2D eigenvalue weighted by atomic mass is 10.9. The number of carbonyl (C=O) groups is 2. The third-order valence-corrected chi connectivity index (χ3v) is 21.7. The van der Waals surface area contributed by atoms with Crippen molar-refractivity contribution in [2.45, 2.75) is 0 Å². The quantitative estimate of drug-likeness (QED) is 0.0568. The normalized spacial score (nSPS) is 12.9. The minimum Gasteiger partial charge on any atom is -0.386 e. The van der Waals surface area contributed by atoms with E-state index in [1.165, 1.54) is 47.0 Å². The van der Waals surface area contributed by atoms with Gasteiger partial charge in [-0.25, -0.2) is 0 Å². The molecule has 0 aliphatic heterocycles. The van der Waals surface area contributed by atoms with Gasteiger partial charge in [0.05, 0.1) is 28.5 Å². The molecule has 0 aliphatic rings. The summed E-state index contributed by atoms with van der Waals surface area (Å²) in [6.45, 7) is 0. The van der Waals surface area contributed by atoms with Crippen molar-refractivity contribution >= 4 is 173 Å². The van der Waals surface area contributed by atoms with E-state index in [9.17, 15) is 18.0 Å². The summed E-state index contributed by atoms with van der Waals surface area (Å²) in [6, 6.07) is 0. The summed E-state index contributed by atoms with van der Waals surface area (Å²) in [5.41, 5.74) is 0. The molecule has 0 fully saturated rings. The maximum Gasteiger partial charge on any atom is 0.199 e. The van der Waals surface area contributed by atoms with Crippen LogP contribution in [0.2, 0.25) is 0 Å². The lowest BCUT2D eigenvalue weighted by Crippen LogP contribution is -2.07. The molecule has 0 saturated carbocycles. The summed E-state index contributed by atoms with van der Waals surface area (Å²) >= 11 is 19.6. The number of hydrogen-bond donors (Lipinski definition) is 2. The zero-order valence-electron chi connectivity index (χ0n) is 24.8. The van der Waals surface area contributed by atoms with E-state index >= 15 is 0 Å². The summed E-state index contributed by atoms with van der Waals surface area (Å²) in [7, 11) is -1.57. The number of thioether (sulfide) groups is 12. The van der Waals surface area contributed by atoms with Crippen LogP contribution in [0.4, 0.5) is 0 Å². The van der Waals surface area contributed by atoms with E-state index in [4.69, 9.17) is 10.2 Å². The Kier molecular flexibility index (Phi) is 42.9. The fraction of sp³-hybridized carbons (Fsp3) is 0.917. The summed E-state index contributed by atoms with van der Waals surface area (Å²) in [5, 5.41) is 21.0. The van der Waals surface area contributed by atoms with Crippen molar-refractivity contribution in [3.63, 3.8) is 0 Å². The van der Waals surface area contributed by atoms with Crippen LogP contribution < -0.4 is 0 Å². The predicted molar refractivity (Wildman–Crippen MR) is 229 cm³/mol. The lowest BCUT2D eigenvalue weighted by molar-refractivity contribution is -0.109. The first-order valence-electron chi connectivity index (χ1n) is 13.5. The number of aliphatic hydroxyl groups excluding tert-OH is 2. The second-order valence-electron chi connectivity index (χ2n) is 7.83. The molecule has 0 rings (SSSR count). The predicted octanol–water partition coefficient (Wildman–Crippen LogP) is 6.07. The molecular weight excluding hydrogens is 833 g/mol. The van der Waals surface area contributed by atoms with E-state index in [0.717, 1.165) is 84.3 Å². The molecule has 0 spiro atoms. The van der Waals surface area contributed by atoms with Crippen LogP contribution in [0, 0.1) is 0 Å². The van der Waals surface area contributed by atoms with Gasteiger partial charge in [-0.15, -0.1) is 47.0 Å². The van der Waals surface area contributed by atoms with Gasteiger partial charge in [0, 0.05) is 117 Å². The molecule has 0 aromatic carbocycles. The molecule has 2 N–H and O–H groups in total. The Balaban J connectivity index is 3.38. The van der Waals surface area contributed by atoms with Crippen molar-refractivity contribution in [2.75, 3.05) is 124 Å². The molecule has 0 amide bonds. The highest BCUT2D eigenvalue weighted by molar-refractivity contribution is 8.25. The molecular formula is C24H46O6S14. The fourth-order valence-corrected chi connectivity index (χ4v) is 17.8. The number of rotatable bonds is 35. The van der Waals surface area contributed by atoms with Gasteiger partial charge in [-0.3, -0.25) is 18.0 Å². The van der Waals surface area contributed by atoms with Gasteiger partial charge in [0.25, 0.3) is 0 Å². The van der Waals surface area contributed by atoms with E-state index in [1.807, 2.05) is 0 Å². The Morgan fingerprint density at radius 2 is 0.864 bits per heavy atom. The van der Waals surface area contributed by atoms with Crippen LogP contribution in [0.15, 0.2) is 0 Å². The van der Waals surface area contributed by atoms with Crippen LogP contribution in [0.1, 0.15) is 0 Å². The zero-order chi connectivity index (χ0) is 32.4. The van der Waals surface area contributed by atoms with Gasteiger partial charge in [0.2, 0.25) is 0 Å². The highest BCUT2D eigenvalue weighted by Crippen LogP contribution is 2.19. The van der Waals surface area contributed by atoms with Crippen molar-refractivity contribution in [1.29, 1.82) is 0 Å². The third-order valence-electron chi connectivity index (χ3n) is 4.45. The largest absolute Gasteiger partial charge is 0.386 e. The van der Waals surface area contributed by atoms with E-state index in [1.54, 1.807) is 94.1 Å². The third kappa shape index (κ3) is 38.6. The van der Waals surface area contributed by atoms with Crippen molar-refractivity contribution in [1.82, 2.24) is 0 Å². The van der Waals surface area contributed by atoms with Gasteiger partial charge in [-0.05, 0) is 0 Å². The van der Waals surface area contributed by atoms with Crippen molar-refractivity contribution in [3.8, 4) is 0 Å². The Morgan fingerprint density at radius 3 is 1.48 bits per heavy atom. The summed E-state index contributed by atoms with van der Waals surface area (Å²) in [5.74, 6) is 13.7. The highest BCUT2D eigenvalue weighted by Gasteiger charge is 2.06. The Labute approximate surface area is 321 Å². The second-order valence-corrected chi connectivity index (χ2v) is 25.7. The molecule has 0 bridgehead atoms. The van der Waals surface area contributed by atoms with Crippen molar-refractivity contribution in [2.24, 2.45) is 0 Å². The maximum atomic E-state index is 12.2. The van der Waals surface area contributed by atoms with Crippen LogP contribution >= 0.6 is 141 Å². The molecule has 0 saturated heterocycles. The summed E-state index contributed by atoms with van der Waals surface area (Å²) in [4.78, 5) is 23.9. The smallest absolute Gasteiger partial charge is 0.199 e. The Bertz CT molecular complexity index is 725. The molecule has 262 valence electrons. The molecule has 0 aliphatic carbocycles. The van der Waals surface area contributed by atoms with Crippen LogP contribution in [0.25, 0.3) is 0 Å². The van der Waals surface area contributed by atoms with E-state index in [-0.39, 0.29) is 22.1 Å². The molecule has 0 aromatic rings. The maximum absolute atomic E-state index is 12.2. The lowest BCUT2D eigenvalue weighted by Gasteiger charge is -2.05. The average molecular weight is 880 g/mol. The molecule has 2 atom stereocenters. The SMILES string of the molecule is O=C(CSCCSCCS(=O)CSCCSCSC(=O)CSCCSCCS(=O)CCSCSCO)SCCSCSCO. The van der Waals surface area contributed by atoms with Crippen molar-refractivity contribution < 1.29 is 28.2 Å². The molecule has 0 radical (unpaired) electrons. The average Bonchev–Trinajstić information content (AvgIpc) is 3.01. The molecule has 0 heterocycles. The minimum absolute atomic E-state index is 0.141. The highest BCUT2D eigenvalue weighted by atomic mass is 32.2. The monoisotopic (exact) mass is 878 g/mol. The van der Waals surface area contributed by atoms with E-state index in [0.29, 0.717) is 28.1 Å². The Morgan fingerprint density at radius 1 is 0.432 bits per heavy atom. The van der Waals surface area contributed by atoms with Gasteiger partial charge in [0.1, 0.15) is 0 Å². The standard InChI is InChI=1S/C24H46O6S14/c25-17-39-19-35-7-8-41-23(27)15-33-3-2-32-10-14-44(30)22-38-6-5-36-21-42-24(28)16-34-4-1-31-9-12-43(29)13-11-37-20-40-18-26/h25-26H,1-22H2. The van der Waals surface area contributed by atoms with Crippen LogP contribution in [0.3, 0.4) is 0 Å². The molecule has 6 nitrogen and oxygen atoms in total. The minimum atomic E-state index is -0.805. The first kappa shape index (κ1) is 47.8. The fourth-order valence-electron chi connectivity index (χ4n) is 2.41.